The molecule has 128 valence electrons. The lowest BCUT2D eigenvalue weighted by Gasteiger charge is -2.17. The number of benzene rings is 1. The number of para-hydroxylation sites is 1. The molecule has 1 aromatic carbocycles. The van der Waals surface area contributed by atoms with E-state index >= 15 is 0 Å². The molecule has 0 N–H and O–H groups in total. The number of nitrogens with zero attached hydrogens (tertiary/aromatic N) is 6. The second-order valence-corrected chi connectivity index (χ2v) is 7.05. The van der Waals surface area contributed by atoms with E-state index in [0.29, 0.717) is 18.2 Å². The Balaban J connectivity index is 1.40. The molecule has 1 aliphatic carbocycles. The number of aromatic nitrogens is 5. The van der Waals surface area contributed by atoms with Crippen LogP contribution in [0.25, 0.3) is 10.9 Å². The first-order chi connectivity index (χ1) is 12.2. The van der Waals surface area contributed by atoms with E-state index in [0.717, 1.165) is 29.7 Å². The fraction of sp³-hybridized carbons (Fsp3) is 0.444. The van der Waals surface area contributed by atoms with Crippen molar-refractivity contribution in [2.45, 2.75) is 31.2 Å². The van der Waals surface area contributed by atoms with E-state index in [-0.39, 0.29) is 11.9 Å². The summed E-state index contributed by atoms with van der Waals surface area (Å²) in [6.45, 7) is 1.44. The van der Waals surface area contributed by atoms with Crippen molar-refractivity contribution in [2.75, 3.05) is 13.1 Å². The Hall–Kier alpha value is -2.70. The maximum atomic E-state index is 13.0. The van der Waals surface area contributed by atoms with Crippen LogP contribution in [0.15, 0.2) is 30.6 Å². The first-order valence-electron chi connectivity index (χ1n) is 8.83. The second-order valence-electron chi connectivity index (χ2n) is 7.05. The summed E-state index contributed by atoms with van der Waals surface area (Å²) < 4.78 is 3.96. The summed E-state index contributed by atoms with van der Waals surface area (Å²) in [4.78, 5) is 14.9. The molecular formula is C18H20N6O. The number of rotatable bonds is 3. The molecular weight excluding hydrogens is 316 g/mol. The lowest BCUT2D eigenvalue weighted by Crippen LogP contribution is -2.29. The number of carbonyl (C=O) groups excluding carboxylic acids is 1. The SMILES string of the molecule is Cn1nc(C(=O)N2CCC(n3cnnc3C3CC3)C2)c2ccccc21. The van der Waals surface area contributed by atoms with Crippen molar-refractivity contribution in [1.29, 1.82) is 0 Å². The van der Waals surface area contributed by atoms with Crippen LogP contribution in [0.5, 0.6) is 0 Å². The minimum Gasteiger partial charge on any atom is -0.335 e. The number of aryl methyl sites for hydroxylation is 1. The van der Waals surface area contributed by atoms with E-state index in [1.807, 2.05) is 42.5 Å². The molecule has 5 rings (SSSR count). The molecule has 2 aromatic heterocycles. The van der Waals surface area contributed by atoms with E-state index in [1.54, 1.807) is 4.68 Å². The molecule has 0 radical (unpaired) electrons. The van der Waals surface area contributed by atoms with Crippen molar-refractivity contribution in [1.82, 2.24) is 29.4 Å². The van der Waals surface area contributed by atoms with Crippen LogP contribution >= 0.6 is 0 Å². The zero-order chi connectivity index (χ0) is 17.0. The molecule has 3 heterocycles. The van der Waals surface area contributed by atoms with Gasteiger partial charge in [-0.2, -0.15) is 5.10 Å². The number of amides is 1. The molecule has 1 amide bonds. The Morgan fingerprint density at radius 3 is 2.88 bits per heavy atom. The van der Waals surface area contributed by atoms with Gasteiger partial charge in [0.05, 0.1) is 11.6 Å². The third kappa shape index (κ3) is 2.33. The lowest BCUT2D eigenvalue weighted by molar-refractivity contribution is 0.0782. The average molecular weight is 336 g/mol. The highest BCUT2D eigenvalue weighted by atomic mass is 16.2. The van der Waals surface area contributed by atoms with Gasteiger partial charge in [-0.05, 0) is 25.3 Å². The molecule has 3 aromatic rings. The van der Waals surface area contributed by atoms with Crippen LogP contribution in [-0.4, -0.2) is 48.4 Å². The minimum atomic E-state index is 0.0142. The standard InChI is InChI=1S/C18H20N6O/c1-22-15-5-3-2-4-14(15)16(21-22)18(25)23-9-8-13(10-23)24-11-19-20-17(24)12-6-7-12/h2-5,11-13H,6-10H2,1H3. The summed E-state index contributed by atoms with van der Waals surface area (Å²) in [7, 11) is 1.88. The van der Waals surface area contributed by atoms with Crippen LogP contribution in [0.2, 0.25) is 0 Å². The van der Waals surface area contributed by atoms with Gasteiger partial charge in [0.1, 0.15) is 12.2 Å². The lowest BCUT2D eigenvalue weighted by atomic mass is 10.2. The average Bonchev–Trinajstić information content (AvgIpc) is 3.06. The second kappa shape index (κ2) is 5.40. The number of hydrogen-bond acceptors (Lipinski definition) is 4. The van der Waals surface area contributed by atoms with Crippen LogP contribution in [0.4, 0.5) is 0 Å². The quantitative estimate of drug-likeness (QED) is 0.735. The summed E-state index contributed by atoms with van der Waals surface area (Å²) in [6, 6.07) is 8.14. The van der Waals surface area contributed by atoms with E-state index in [4.69, 9.17) is 0 Å². The van der Waals surface area contributed by atoms with Crippen LogP contribution in [0.1, 0.15) is 47.5 Å². The normalized spacial score (nSPS) is 20.5. The number of hydrogen-bond donors (Lipinski definition) is 0. The van der Waals surface area contributed by atoms with E-state index in [2.05, 4.69) is 19.9 Å². The first-order valence-corrected chi connectivity index (χ1v) is 8.83. The molecule has 1 saturated heterocycles. The Bertz CT molecular complexity index is 954. The Morgan fingerprint density at radius 1 is 1.20 bits per heavy atom. The maximum Gasteiger partial charge on any atom is 0.275 e. The van der Waals surface area contributed by atoms with Gasteiger partial charge >= 0.3 is 0 Å². The first kappa shape index (κ1) is 14.6. The number of fused-ring (bicyclic) bond motifs is 1. The molecule has 1 saturated carbocycles. The zero-order valence-electron chi connectivity index (χ0n) is 14.2. The smallest absolute Gasteiger partial charge is 0.275 e. The van der Waals surface area contributed by atoms with E-state index < -0.39 is 0 Å². The van der Waals surface area contributed by atoms with Crippen molar-refractivity contribution in [2.24, 2.45) is 7.05 Å². The van der Waals surface area contributed by atoms with Gasteiger partial charge < -0.3 is 9.47 Å². The molecule has 2 fully saturated rings. The van der Waals surface area contributed by atoms with Crippen LogP contribution < -0.4 is 0 Å². The molecule has 2 aliphatic rings. The molecule has 0 spiro atoms. The van der Waals surface area contributed by atoms with Gasteiger partial charge in [0.25, 0.3) is 5.91 Å². The van der Waals surface area contributed by atoms with Crippen LogP contribution in [0.3, 0.4) is 0 Å². The third-order valence-corrected chi connectivity index (χ3v) is 5.35. The highest BCUT2D eigenvalue weighted by Crippen LogP contribution is 2.40. The van der Waals surface area contributed by atoms with Crippen LogP contribution in [-0.2, 0) is 7.05 Å². The fourth-order valence-electron chi connectivity index (χ4n) is 3.84. The summed E-state index contributed by atoms with van der Waals surface area (Å²) >= 11 is 0. The van der Waals surface area contributed by atoms with E-state index in [9.17, 15) is 4.79 Å². The van der Waals surface area contributed by atoms with Crippen molar-refractivity contribution in [3.63, 3.8) is 0 Å². The predicted molar refractivity (Wildman–Crippen MR) is 92.3 cm³/mol. The highest BCUT2D eigenvalue weighted by molar-refractivity contribution is 6.04. The van der Waals surface area contributed by atoms with Crippen molar-refractivity contribution in [3.8, 4) is 0 Å². The van der Waals surface area contributed by atoms with Gasteiger partial charge in [0.15, 0.2) is 5.69 Å². The largest absolute Gasteiger partial charge is 0.335 e. The summed E-state index contributed by atoms with van der Waals surface area (Å²) in [5, 5.41) is 13.8. The van der Waals surface area contributed by atoms with Gasteiger partial charge in [-0.3, -0.25) is 9.48 Å². The predicted octanol–water partition coefficient (Wildman–Crippen LogP) is 2.13. The van der Waals surface area contributed by atoms with Crippen molar-refractivity contribution in [3.05, 3.63) is 42.1 Å². The summed E-state index contributed by atoms with van der Waals surface area (Å²) in [6.07, 6.45) is 5.17. The number of likely N-dealkylation sites (tertiary alicyclic amines) is 1. The van der Waals surface area contributed by atoms with Crippen molar-refractivity contribution < 1.29 is 4.79 Å². The number of carbonyl (C=O) groups is 1. The minimum absolute atomic E-state index is 0.0142. The molecule has 1 aliphatic heterocycles. The Kier molecular flexibility index (Phi) is 3.16. The maximum absolute atomic E-state index is 13.0. The molecule has 1 unspecified atom stereocenters. The topological polar surface area (TPSA) is 68.8 Å². The molecule has 1 atom stereocenters. The Labute approximate surface area is 145 Å². The Morgan fingerprint density at radius 2 is 2.04 bits per heavy atom. The fourth-order valence-corrected chi connectivity index (χ4v) is 3.84. The highest BCUT2D eigenvalue weighted by Gasteiger charge is 2.35. The van der Waals surface area contributed by atoms with Gasteiger partial charge in [0, 0.05) is 31.4 Å². The summed E-state index contributed by atoms with van der Waals surface area (Å²) in [5.74, 6) is 1.66. The molecule has 7 heteroatoms. The molecule has 7 nitrogen and oxygen atoms in total. The third-order valence-electron chi connectivity index (χ3n) is 5.35. The zero-order valence-corrected chi connectivity index (χ0v) is 14.2. The van der Waals surface area contributed by atoms with E-state index in [1.165, 1.54) is 12.8 Å². The van der Waals surface area contributed by atoms with Gasteiger partial charge in [0.2, 0.25) is 0 Å². The molecule has 0 bridgehead atoms. The van der Waals surface area contributed by atoms with Gasteiger partial charge in [-0.1, -0.05) is 18.2 Å². The molecule has 25 heavy (non-hydrogen) atoms. The van der Waals surface area contributed by atoms with Gasteiger partial charge in [-0.15, -0.1) is 10.2 Å². The monoisotopic (exact) mass is 336 g/mol. The van der Waals surface area contributed by atoms with Crippen molar-refractivity contribution >= 4 is 16.8 Å². The summed E-state index contributed by atoms with van der Waals surface area (Å²) in [5.41, 5.74) is 1.53. The van der Waals surface area contributed by atoms with Crippen LogP contribution in [0, 0.1) is 0 Å². The van der Waals surface area contributed by atoms with Gasteiger partial charge in [-0.25, -0.2) is 0 Å².